The lowest BCUT2D eigenvalue weighted by Gasteiger charge is -2.27. The molecule has 18 heteroatoms. The van der Waals surface area contributed by atoms with Crippen LogP contribution in [0.25, 0.3) is 22.2 Å². The van der Waals surface area contributed by atoms with Crippen LogP contribution >= 0.6 is 0 Å². The van der Waals surface area contributed by atoms with Gasteiger partial charge < -0.3 is 57.4 Å². The number of hydrogen-bond acceptors (Lipinski definition) is 17. The zero-order valence-electron chi connectivity index (χ0n) is 33.1. The lowest BCUT2D eigenvalue weighted by molar-refractivity contribution is -0.166. The van der Waals surface area contributed by atoms with Crippen molar-refractivity contribution in [1.82, 2.24) is 4.98 Å². The van der Waals surface area contributed by atoms with Gasteiger partial charge in [0.25, 0.3) is 0 Å². The summed E-state index contributed by atoms with van der Waals surface area (Å²) in [5.41, 5.74) is 4.32. The Morgan fingerprint density at radius 3 is 1.73 bits per heavy atom. The molecule has 314 valence electrons. The molecule has 0 saturated carbocycles. The van der Waals surface area contributed by atoms with Gasteiger partial charge in [0.15, 0.2) is 0 Å². The molecule has 3 aromatic carbocycles. The Balaban J connectivity index is 1.42. The van der Waals surface area contributed by atoms with E-state index >= 15 is 0 Å². The molecule has 0 unspecified atom stereocenters. The third-order valence-corrected chi connectivity index (χ3v) is 8.59. The van der Waals surface area contributed by atoms with Crippen molar-refractivity contribution in [3.8, 4) is 22.8 Å². The number of esters is 6. The van der Waals surface area contributed by atoms with E-state index in [4.69, 9.17) is 42.6 Å². The average molecular weight is 820 g/mol. The minimum Gasteiger partial charge on any atom is -0.488 e. The molecule has 59 heavy (non-hydrogen) atoms. The maximum absolute atomic E-state index is 13.0. The Bertz CT molecular complexity index is 2150. The van der Waals surface area contributed by atoms with E-state index in [-0.39, 0.29) is 58.2 Å². The maximum atomic E-state index is 13.0. The monoisotopic (exact) mass is 819 g/mol. The number of carbonyl (C=O) groups excluding carboxylic acids is 6. The lowest BCUT2D eigenvalue weighted by atomic mass is 10.1. The van der Waals surface area contributed by atoms with Crippen LogP contribution in [-0.2, 0) is 57.1 Å². The second kappa shape index (κ2) is 21.1. The number of carbonyl (C=O) groups is 6. The summed E-state index contributed by atoms with van der Waals surface area (Å²) >= 11 is 0. The van der Waals surface area contributed by atoms with Crippen LogP contribution in [0, 0.1) is 6.92 Å². The highest BCUT2D eigenvalue weighted by Gasteiger charge is 2.22. The summed E-state index contributed by atoms with van der Waals surface area (Å²) in [4.78, 5) is 78.6. The number of hydrogen-bond donors (Lipinski definition) is 1. The van der Waals surface area contributed by atoms with Crippen molar-refractivity contribution >= 4 is 58.1 Å². The Morgan fingerprint density at radius 2 is 1.15 bits per heavy atom. The van der Waals surface area contributed by atoms with Gasteiger partial charge in [-0.1, -0.05) is 18.2 Å². The second-order valence-electron chi connectivity index (χ2n) is 13.0. The van der Waals surface area contributed by atoms with E-state index in [1.54, 1.807) is 40.1 Å². The molecule has 4 aromatic rings. The number of H-pyrrole nitrogens is 1. The fourth-order valence-corrected chi connectivity index (χ4v) is 5.80. The number of aromatic amines is 1. The molecule has 2 heterocycles. The number of fused-ring (bicyclic) bond motifs is 3. The van der Waals surface area contributed by atoms with E-state index in [9.17, 15) is 28.8 Å². The first-order valence-electron chi connectivity index (χ1n) is 18.5. The molecule has 0 spiro atoms. The summed E-state index contributed by atoms with van der Waals surface area (Å²) < 4.78 is 48.2. The molecule has 0 amide bonds. The maximum Gasteiger partial charge on any atom is 0.341 e. The number of aromatic nitrogens is 1. The van der Waals surface area contributed by atoms with Gasteiger partial charge in [0.1, 0.15) is 37.8 Å². The zero-order valence-corrected chi connectivity index (χ0v) is 33.1. The van der Waals surface area contributed by atoms with Crippen LogP contribution in [-0.4, -0.2) is 114 Å². The van der Waals surface area contributed by atoms with Crippen LogP contribution in [0.15, 0.2) is 60.7 Å². The van der Waals surface area contributed by atoms with E-state index in [0.717, 1.165) is 10.9 Å². The predicted octanol–water partition coefficient (Wildman–Crippen LogP) is 4.05. The summed E-state index contributed by atoms with van der Waals surface area (Å²) in [5, 5.41) is 0.803. The quantitative estimate of drug-likeness (QED) is 0.122. The first-order valence-corrected chi connectivity index (χ1v) is 18.5. The first-order chi connectivity index (χ1) is 28.4. The van der Waals surface area contributed by atoms with Gasteiger partial charge in [-0.3, -0.25) is 24.0 Å². The molecule has 0 radical (unpaired) electrons. The molecule has 0 fully saturated rings. The molecule has 18 nitrogen and oxygen atoms in total. The van der Waals surface area contributed by atoms with Crippen LogP contribution in [0.2, 0.25) is 0 Å². The highest BCUT2D eigenvalue weighted by atomic mass is 16.7. The predicted molar refractivity (Wildman–Crippen MR) is 209 cm³/mol. The SMILES string of the molecule is CC(=O)OCOC(=O)CN1CCOCCN(CC(=O)OCOC(C)=O)c2ccc(-c3cc4ccc(C(=O)OCOC(C)=O)cc4[nH]3)cc2OCCOc2cc(C)ccc21. The van der Waals surface area contributed by atoms with Gasteiger partial charge in [0.05, 0.1) is 30.2 Å². The van der Waals surface area contributed by atoms with Crippen molar-refractivity contribution < 1.29 is 71.4 Å². The molecular weight excluding hydrogens is 774 g/mol. The second-order valence-corrected chi connectivity index (χ2v) is 13.0. The molecular formula is C41H45N3O15. The van der Waals surface area contributed by atoms with Crippen LogP contribution in [0.5, 0.6) is 11.5 Å². The molecule has 5 rings (SSSR count). The van der Waals surface area contributed by atoms with Crippen LogP contribution in [0.1, 0.15) is 36.7 Å². The Kier molecular flexibility index (Phi) is 15.5. The number of nitrogens with zero attached hydrogens (tertiary/aromatic N) is 2. The van der Waals surface area contributed by atoms with Gasteiger partial charge in [-0.25, -0.2) is 4.79 Å². The molecule has 1 aliphatic rings. The molecule has 0 atom stereocenters. The summed E-state index contributed by atoms with van der Waals surface area (Å²) in [7, 11) is 0. The summed E-state index contributed by atoms with van der Waals surface area (Å²) in [6, 6.07) is 17.8. The van der Waals surface area contributed by atoms with Crippen molar-refractivity contribution in [2.24, 2.45) is 0 Å². The van der Waals surface area contributed by atoms with Crippen molar-refractivity contribution in [2.45, 2.75) is 27.7 Å². The molecule has 1 aliphatic heterocycles. The Morgan fingerprint density at radius 1 is 0.610 bits per heavy atom. The van der Waals surface area contributed by atoms with E-state index in [0.29, 0.717) is 39.6 Å². The molecule has 0 bridgehead atoms. The highest BCUT2D eigenvalue weighted by molar-refractivity contribution is 5.96. The number of benzene rings is 3. The van der Waals surface area contributed by atoms with E-state index in [1.807, 2.05) is 37.3 Å². The Hall–Kier alpha value is -6.82. The summed E-state index contributed by atoms with van der Waals surface area (Å²) in [6.45, 7) is 4.34. The topological polar surface area (TPSA) is 208 Å². The summed E-state index contributed by atoms with van der Waals surface area (Å²) in [6.07, 6.45) is 0. The fraction of sp³-hybridized carbons (Fsp3) is 0.366. The standard InChI is InChI=1S/C41H45N3O15/c1-26-5-9-35-37(17-26)52-15-16-53-38-20-31(33-18-30-6-7-32(19-34(30)42-33)41(50)59-25-56-29(4)47)8-10-36(38)44(22-40(49)58-24-55-28(3)46)12-14-51-13-11-43(35)21-39(48)57-23-54-27(2)45/h5-10,17-20,42H,11-16,21-25H2,1-4H3. The third kappa shape index (κ3) is 13.1. The Labute approximate surface area is 339 Å². The zero-order chi connectivity index (χ0) is 42.3. The van der Waals surface area contributed by atoms with Crippen LogP contribution in [0.3, 0.4) is 0 Å². The van der Waals surface area contributed by atoms with Gasteiger partial charge in [-0.05, 0) is 55.0 Å². The van der Waals surface area contributed by atoms with Crippen LogP contribution < -0.4 is 19.3 Å². The van der Waals surface area contributed by atoms with E-state index in [2.05, 4.69) is 4.98 Å². The average Bonchev–Trinajstić information content (AvgIpc) is 3.61. The van der Waals surface area contributed by atoms with Gasteiger partial charge in [-0.2, -0.15) is 0 Å². The number of rotatable bonds is 12. The van der Waals surface area contributed by atoms with E-state index < -0.39 is 56.2 Å². The highest BCUT2D eigenvalue weighted by Crippen LogP contribution is 2.35. The molecule has 1 aromatic heterocycles. The largest absolute Gasteiger partial charge is 0.488 e. The number of ether oxygens (including phenoxy) is 9. The van der Waals surface area contributed by atoms with Gasteiger partial charge in [-0.15, -0.1) is 0 Å². The number of aryl methyl sites for hydroxylation is 1. The normalized spacial score (nSPS) is 13.2. The van der Waals surface area contributed by atoms with Gasteiger partial charge in [0, 0.05) is 56.0 Å². The van der Waals surface area contributed by atoms with Gasteiger partial charge >= 0.3 is 35.8 Å². The first kappa shape index (κ1) is 43.3. The number of nitrogens with one attached hydrogen (secondary N) is 1. The minimum absolute atomic E-state index is 0.0566. The minimum atomic E-state index is -0.676. The van der Waals surface area contributed by atoms with Crippen molar-refractivity contribution in [2.75, 3.05) is 82.8 Å². The molecule has 1 N–H and O–H groups in total. The van der Waals surface area contributed by atoms with Crippen molar-refractivity contribution in [1.29, 1.82) is 0 Å². The molecule has 0 aliphatic carbocycles. The summed E-state index contributed by atoms with van der Waals surface area (Å²) in [5.74, 6) is -2.88. The third-order valence-electron chi connectivity index (χ3n) is 8.59. The lowest BCUT2D eigenvalue weighted by Crippen LogP contribution is -2.36. The van der Waals surface area contributed by atoms with Crippen molar-refractivity contribution in [3.63, 3.8) is 0 Å². The van der Waals surface area contributed by atoms with Crippen LogP contribution in [0.4, 0.5) is 11.4 Å². The fourth-order valence-electron chi connectivity index (χ4n) is 5.80. The smallest absolute Gasteiger partial charge is 0.341 e. The van der Waals surface area contributed by atoms with E-state index in [1.165, 1.54) is 20.8 Å². The molecule has 0 saturated heterocycles. The van der Waals surface area contributed by atoms with Crippen molar-refractivity contribution in [3.05, 3.63) is 71.8 Å². The number of anilines is 2. The van der Waals surface area contributed by atoms with Gasteiger partial charge in [0.2, 0.25) is 20.4 Å².